The molecule has 17 heavy (non-hydrogen) atoms. The molecule has 4 heteroatoms. The van der Waals surface area contributed by atoms with Crippen LogP contribution in [-0.4, -0.2) is 11.5 Å². The van der Waals surface area contributed by atoms with Crippen molar-refractivity contribution in [3.8, 4) is 5.75 Å². The van der Waals surface area contributed by atoms with Crippen molar-refractivity contribution in [1.29, 1.82) is 0 Å². The highest BCUT2D eigenvalue weighted by Crippen LogP contribution is 2.16. The van der Waals surface area contributed by atoms with Crippen molar-refractivity contribution in [3.63, 3.8) is 0 Å². The van der Waals surface area contributed by atoms with Gasteiger partial charge >= 0.3 is 0 Å². The van der Waals surface area contributed by atoms with E-state index in [0.29, 0.717) is 6.61 Å². The summed E-state index contributed by atoms with van der Waals surface area (Å²) in [7, 11) is 0. The van der Waals surface area contributed by atoms with E-state index in [9.17, 15) is 0 Å². The van der Waals surface area contributed by atoms with Crippen molar-refractivity contribution in [3.05, 3.63) is 42.5 Å². The summed E-state index contributed by atoms with van der Waals surface area (Å²) >= 11 is 0. The number of aromatic nitrogens is 1. The van der Waals surface area contributed by atoms with Crippen LogP contribution in [0, 0.1) is 0 Å². The minimum atomic E-state index is 0.435. The summed E-state index contributed by atoms with van der Waals surface area (Å²) in [6.07, 6.45) is 4.44. The van der Waals surface area contributed by atoms with Crippen LogP contribution in [0.5, 0.6) is 5.75 Å². The number of pyridine rings is 1. The SMILES string of the molecule is CCCNc1cc(OCc2ccco2)ccn1. The molecule has 0 saturated heterocycles. The first-order chi connectivity index (χ1) is 8.38. The van der Waals surface area contributed by atoms with Gasteiger partial charge < -0.3 is 14.5 Å². The first-order valence-electron chi connectivity index (χ1n) is 5.73. The number of anilines is 1. The van der Waals surface area contributed by atoms with Gasteiger partial charge in [0.1, 0.15) is 23.9 Å². The largest absolute Gasteiger partial charge is 0.485 e. The Balaban J connectivity index is 1.91. The van der Waals surface area contributed by atoms with Crippen LogP contribution in [0.2, 0.25) is 0 Å². The Hall–Kier alpha value is -1.97. The Morgan fingerprint density at radius 2 is 2.35 bits per heavy atom. The molecule has 0 unspecified atom stereocenters. The molecule has 0 amide bonds. The molecule has 0 atom stereocenters. The van der Waals surface area contributed by atoms with Crippen LogP contribution < -0.4 is 10.1 Å². The summed E-state index contributed by atoms with van der Waals surface area (Å²) in [6.45, 7) is 3.46. The molecular formula is C13H16N2O2. The van der Waals surface area contributed by atoms with Gasteiger partial charge in [0.15, 0.2) is 0 Å². The van der Waals surface area contributed by atoms with E-state index in [-0.39, 0.29) is 0 Å². The van der Waals surface area contributed by atoms with Crippen molar-refractivity contribution in [2.75, 3.05) is 11.9 Å². The zero-order valence-corrected chi connectivity index (χ0v) is 9.85. The molecule has 0 radical (unpaired) electrons. The Morgan fingerprint density at radius 3 is 3.12 bits per heavy atom. The molecule has 0 aliphatic carbocycles. The molecule has 0 fully saturated rings. The number of furan rings is 1. The predicted octanol–water partition coefficient (Wildman–Crippen LogP) is 3.08. The van der Waals surface area contributed by atoms with Gasteiger partial charge in [-0.1, -0.05) is 6.92 Å². The third kappa shape index (κ3) is 3.52. The quantitative estimate of drug-likeness (QED) is 0.831. The van der Waals surface area contributed by atoms with E-state index in [4.69, 9.17) is 9.15 Å². The molecule has 0 aliphatic heterocycles. The molecule has 1 N–H and O–H groups in total. The monoisotopic (exact) mass is 232 g/mol. The lowest BCUT2D eigenvalue weighted by atomic mass is 10.4. The Bertz CT molecular complexity index is 440. The van der Waals surface area contributed by atoms with Crippen molar-refractivity contribution < 1.29 is 9.15 Å². The van der Waals surface area contributed by atoms with Crippen molar-refractivity contribution in [1.82, 2.24) is 4.98 Å². The average molecular weight is 232 g/mol. The van der Waals surface area contributed by atoms with Crippen LogP contribution in [0.25, 0.3) is 0 Å². The van der Waals surface area contributed by atoms with Gasteiger partial charge in [-0.2, -0.15) is 0 Å². The lowest BCUT2D eigenvalue weighted by molar-refractivity contribution is 0.270. The highest BCUT2D eigenvalue weighted by molar-refractivity contribution is 5.40. The number of nitrogens with zero attached hydrogens (tertiary/aromatic N) is 1. The van der Waals surface area contributed by atoms with E-state index in [0.717, 1.165) is 30.3 Å². The second-order valence-corrected chi connectivity index (χ2v) is 3.67. The molecule has 2 heterocycles. The maximum atomic E-state index is 5.60. The Labute approximate surface area is 101 Å². The number of hydrogen-bond acceptors (Lipinski definition) is 4. The minimum Gasteiger partial charge on any atom is -0.485 e. The zero-order valence-electron chi connectivity index (χ0n) is 9.85. The van der Waals surface area contributed by atoms with E-state index in [2.05, 4.69) is 17.2 Å². The van der Waals surface area contributed by atoms with Crippen LogP contribution in [0.1, 0.15) is 19.1 Å². The number of ether oxygens (including phenoxy) is 1. The fourth-order valence-corrected chi connectivity index (χ4v) is 1.40. The van der Waals surface area contributed by atoms with E-state index < -0.39 is 0 Å². The Morgan fingerprint density at radius 1 is 1.41 bits per heavy atom. The molecule has 90 valence electrons. The van der Waals surface area contributed by atoms with E-state index in [1.54, 1.807) is 12.5 Å². The average Bonchev–Trinajstić information content (AvgIpc) is 2.87. The van der Waals surface area contributed by atoms with Crippen molar-refractivity contribution in [2.45, 2.75) is 20.0 Å². The molecule has 2 aromatic rings. The Kier molecular flexibility index (Phi) is 4.02. The summed E-state index contributed by atoms with van der Waals surface area (Å²) < 4.78 is 10.8. The van der Waals surface area contributed by atoms with Gasteiger partial charge in [-0.05, 0) is 24.6 Å². The number of nitrogens with one attached hydrogen (secondary N) is 1. The molecule has 0 aromatic carbocycles. The number of hydrogen-bond donors (Lipinski definition) is 1. The summed E-state index contributed by atoms with van der Waals surface area (Å²) in [4.78, 5) is 4.21. The molecule has 4 nitrogen and oxygen atoms in total. The summed E-state index contributed by atoms with van der Waals surface area (Å²) in [5.74, 6) is 2.43. The molecule has 2 aromatic heterocycles. The molecule has 0 bridgehead atoms. The highest BCUT2D eigenvalue weighted by atomic mass is 16.5. The van der Waals surface area contributed by atoms with Crippen LogP contribution in [0.3, 0.4) is 0 Å². The van der Waals surface area contributed by atoms with Gasteiger partial charge in [-0.25, -0.2) is 4.98 Å². The van der Waals surface area contributed by atoms with Gasteiger partial charge in [0.05, 0.1) is 6.26 Å². The summed E-state index contributed by atoms with van der Waals surface area (Å²) in [5.41, 5.74) is 0. The molecule has 0 spiro atoms. The fourth-order valence-electron chi connectivity index (χ4n) is 1.40. The first kappa shape index (κ1) is 11.5. The molecule has 0 saturated carbocycles. The minimum absolute atomic E-state index is 0.435. The highest BCUT2D eigenvalue weighted by Gasteiger charge is 2.00. The van der Waals surface area contributed by atoms with Crippen LogP contribution in [0.15, 0.2) is 41.1 Å². The molecule has 0 aliphatic rings. The van der Waals surface area contributed by atoms with Crippen LogP contribution >= 0.6 is 0 Å². The van der Waals surface area contributed by atoms with Gasteiger partial charge in [0.25, 0.3) is 0 Å². The third-order valence-electron chi connectivity index (χ3n) is 2.25. The first-order valence-corrected chi connectivity index (χ1v) is 5.73. The van der Waals surface area contributed by atoms with Crippen LogP contribution in [0.4, 0.5) is 5.82 Å². The van der Waals surface area contributed by atoms with Crippen LogP contribution in [-0.2, 0) is 6.61 Å². The van der Waals surface area contributed by atoms with Gasteiger partial charge in [-0.3, -0.25) is 0 Å². The summed E-state index contributed by atoms with van der Waals surface area (Å²) in [5, 5.41) is 3.21. The third-order valence-corrected chi connectivity index (χ3v) is 2.25. The maximum Gasteiger partial charge on any atom is 0.146 e. The second-order valence-electron chi connectivity index (χ2n) is 3.67. The molecular weight excluding hydrogens is 216 g/mol. The zero-order chi connectivity index (χ0) is 11.9. The van der Waals surface area contributed by atoms with Crippen molar-refractivity contribution >= 4 is 5.82 Å². The predicted molar refractivity (Wildman–Crippen MR) is 66.1 cm³/mol. The van der Waals surface area contributed by atoms with Gasteiger partial charge in [-0.15, -0.1) is 0 Å². The van der Waals surface area contributed by atoms with E-state index in [1.165, 1.54) is 0 Å². The van der Waals surface area contributed by atoms with Gasteiger partial charge in [0, 0.05) is 18.8 Å². The van der Waals surface area contributed by atoms with Gasteiger partial charge in [0.2, 0.25) is 0 Å². The van der Waals surface area contributed by atoms with E-state index >= 15 is 0 Å². The van der Waals surface area contributed by atoms with Crippen molar-refractivity contribution in [2.24, 2.45) is 0 Å². The lowest BCUT2D eigenvalue weighted by Gasteiger charge is -2.07. The fraction of sp³-hybridized carbons (Fsp3) is 0.308. The topological polar surface area (TPSA) is 47.3 Å². The standard InChI is InChI=1S/C13H16N2O2/c1-2-6-14-13-9-11(5-7-15-13)17-10-12-4-3-8-16-12/h3-5,7-9H,2,6,10H2,1H3,(H,14,15). The normalized spacial score (nSPS) is 10.2. The van der Waals surface area contributed by atoms with E-state index in [1.807, 2.05) is 24.3 Å². The number of rotatable bonds is 6. The lowest BCUT2D eigenvalue weighted by Crippen LogP contribution is -2.02. The maximum absolute atomic E-state index is 5.60. The second kappa shape index (κ2) is 5.94. The molecule has 2 rings (SSSR count). The smallest absolute Gasteiger partial charge is 0.146 e. The summed E-state index contributed by atoms with van der Waals surface area (Å²) in [6, 6.07) is 7.45.